The predicted octanol–water partition coefficient (Wildman–Crippen LogP) is 2.82. The average Bonchev–Trinajstić information content (AvgIpc) is 2.46. The fourth-order valence-electron chi connectivity index (χ4n) is 1.86. The number of nitrogens with zero attached hydrogens (tertiary/aromatic N) is 2. The highest BCUT2D eigenvalue weighted by molar-refractivity contribution is 5.59. The zero-order chi connectivity index (χ0) is 15.4. The van der Waals surface area contributed by atoms with E-state index in [1.165, 1.54) is 12.1 Å². The van der Waals surface area contributed by atoms with Crippen LogP contribution in [0.4, 0.5) is 17.1 Å². The summed E-state index contributed by atoms with van der Waals surface area (Å²) in [6.07, 6.45) is 0. The third-order valence-corrected chi connectivity index (χ3v) is 3.03. The van der Waals surface area contributed by atoms with Crippen LogP contribution in [0.3, 0.4) is 0 Å². The highest BCUT2D eigenvalue weighted by Gasteiger charge is 2.12. The molecule has 0 saturated heterocycles. The van der Waals surface area contributed by atoms with Gasteiger partial charge in [0, 0.05) is 31.9 Å². The number of anilines is 2. The molecule has 110 valence electrons. The largest absolute Gasteiger partial charge is 0.489 e. The van der Waals surface area contributed by atoms with Crippen molar-refractivity contribution in [2.24, 2.45) is 0 Å². The topological polar surface area (TPSA) is 81.6 Å². The van der Waals surface area contributed by atoms with Crippen molar-refractivity contribution in [3.8, 4) is 5.75 Å². The molecular weight excluding hydrogens is 270 g/mol. The fraction of sp³-hybridized carbons (Fsp3) is 0.200. The van der Waals surface area contributed by atoms with E-state index < -0.39 is 4.92 Å². The molecule has 0 aliphatic rings. The number of hydrogen-bond donors (Lipinski definition) is 1. The second kappa shape index (κ2) is 6.13. The van der Waals surface area contributed by atoms with Crippen molar-refractivity contribution < 1.29 is 9.66 Å². The minimum Gasteiger partial charge on any atom is -0.489 e. The Balaban J connectivity index is 2.11. The van der Waals surface area contributed by atoms with Gasteiger partial charge in [0.25, 0.3) is 5.69 Å². The number of nitro groups is 1. The van der Waals surface area contributed by atoms with Crippen LogP contribution in [0, 0.1) is 10.1 Å². The van der Waals surface area contributed by atoms with E-state index in [-0.39, 0.29) is 18.0 Å². The summed E-state index contributed by atoms with van der Waals surface area (Å²) < 4.78 is 5.67. The third kappa shape index (κ3) is 3.62. The number of nitrogen functional groups attached to an aromatic ring is 1. The summed E-state index contributed by atoms with van der Waals surface area (Å²) in [6, 6.07) is 12.3. The first-order chi connectivity index (χ1) is 9.97. The Labute approximate surface area is 122 Å². The maximum Gasteiger partial charge on any atom is 0.292 e. The highest BCUT2D eigenvalue weighted by Crippen LogP contribution is 2.24. The van der Waals surface area contributed by atoms with Gasteiger partial charge in [0.05, 0.1) is 4.92 Å². The van der Waals surface area contributed by atoms with Gasteiger partial charge >= 0.3 is 0 Å². The van der Waals surface area contributed by atoms with Crippen molar-refractivity contribution >= 4 is 17.1 Å². The average molecular weight is 287 g/mol. The van der Waals surface area contributed by atoms with Crippen LogP contribution in [-0.4, -0.2) is 19.0 Å². The molecule has 0 radical (unpaired) electrons. The Morgan fingerprint density at radius 2 is 2.00 bits per heavy atom. The summed E-state index contributed by atoms with van der Waals surface area (Å²) in [5, 5.41) is 10.8. The lowest BCUT2D eigenvalue weighted by atomic mass is 10.2. The maximum atomic E-state index is 10.8. The monoisotopic (exact) mass is 287 g/mol. The molecular formula is C15H17N3O3. The van der Waals surface area contributed by atoms with E-state index in [4.69, 9.17) is 10.5 Å². The molecule has 0 spiro atoms. The summed E-state index contributed by atoms with van der Waals surface area (Å²) in [6.45, 7) is 0.248. The summed E-state index contributed by atoms with van der Waals surface area (Å²) in [5.74, 6) is 0.709. The van der Waals surface area contributed by atoms with Gasteiger partial charge in [-0.1, -0.05) is 12.1 Å². The zero-order valence-corrected chi connectivity index (χ0v) is 11.9. The lowest BCUT2D eigenvalue weighted by Crippen LogP contribution is -2.08. The van der Waals surface area contributed by atoms with Crippen molar-refractivity contribution in [2.75, 3.05) is 24.7 Å². The molecule has 21 heavy (non-hydrogen) atoms. The van der Waals surface area contributed by atoms with Crippen LogP contribution < -0.4 is 15.4 Å². The lowest BCUT2D eigenvalue weighted by molar-refractivity contribution is -0.384. The van der Waals surface area contributed by atoms with Crippen LogP contribution >= 0.6 is 0 Å². The Hall–Kier alpha value is -2.76. The van der Waals surface area contributed by atoms with Gasteiger partial charge in [-0.2, -0.15) is 0 Å². The Bertz CT molecular complexity index is 656. The van der Waals surface area contributed by atoms with E-state index in [1.807, 2.05) is 43.3 Å². The number of nitro benzene ring substituents is 1. The van der Waals surface area contributed by atoms with Crippen molar-refractivity contribution in [3.63, 3.8) is 0 Å². The molecule has 6 nitrogen and oxygen atoms in total. The van der Waals surface area contributed by atoms with E-state index in [0.29, 0.717) is 11.3 Å². The minimum absolute atomic E-state index is 0.0989. The summed E-state index contributed by atoms with van der Waals surface area (Å²) in [5.41, 5.74) is 7.34. The van der Waals surface area contributed by atoms with Crippen LogP contribution in [0.25, 0.3) is 0 Å². The molecule has 2 aromatic rings. The van der Waals surface area contributed by atoms with Crippen LogP contribution in [0.2, 0.25) is 0 Å². The highest BCUT2D eigenvalue weighted by atomic mass is 16.6. The van der Waals surface area contributed by atoms with Crippen molar-refractivity contribution in [1.29, 1.82) is 0 Å². The first kappa shape index (κ1) is 14.6. The summed E-state index contributed by atoms with van der Waals surface area (Å²) in [7, 11) is 3.89. The number of nitrogens with two attached hydrogens (primary N) is 1. The molecule has 0 aliphatic heterocycles. The minimum atomic E-state index is -0.495. The van der Waals surface area contributed by atoms with E-state index in [1.54, 1.807) is 6.07 Å². The van der Waals surface area contributed by atoms with Crippen LogP contribution in [0.15, 0.2) is 42.5 Å². The van der Waals surface area contributed by atoms with E-state index >= 15 is 0 Å². The summed E-state index contributed by atoms with van der Waals surface area (Å²) in [4.78, 5) is 12.3. The Morgan fingerprint density at radius 3 is 2.67 bits per heavy atom. The molecule has 0 aromatic heterocycles. The second-order valence-corrected chi connectivity index (χ2v) is 4.83. The van der Waals surface area contributed by atoms with Gasteiger partial charge in [0.15, 0.2) is 0 Å². The zero-order valence-electron chi connectivity index (χ0n) is 11.9. The number of ether oxygens (including phenoxy) is 1. The van der Waals surface area contributed by atoms with Crippen LogP contribution in [-0.2, 0) is 6.61 Å². The Kier molecular flexibility index (Phi) is 4.27. The number of hydrogen-bond acceptors (Lipinski definition) is 5. The van der Waals surface area contributed by atoms with E-state index in [9.17, 15) is 10.1 Å². The lowest BCUT2D eigenvalue weighted by Gasteiger charge is -2.14. The van der Waals surface area contributed by atoms with Crippen LogP contribution in [0.5, 0.6) is 5.75 Å². The Morgan fingerprint density at radius 1 is 1.24 bits per heavy atom. The van der Waals surface area contributed by atoms with Crippen molar-refractivity contribution in [2.45, 2.75) is 6.61 Å². The summed E-state index contributed by atoms with van der Waals surface area (Å²) >= 11 is 0. The van der Waals surface area contributed by atoms with E-state index in [0.717, 1.165) is 5.69 Å². The molecule has 2 aromatic carbocycles. The first-order valence-corrected chi connectivity index (χ1v) is 6.40. The van der Waals surface area contributed by atoms with Gasteiger partial charge in [-0.05, 0) is 23.8 Å². The molecule has 0 bridgehead atoms. The van der Waals surface area contributed by atoms with Gasteiger partial charge in [0.2, 0.25) is 0 Å². The predicted molar refractivity (Wildman–Crippen MR) is 82.6 cm³/mol. The SMILES string of the molecule is CN(C)c1cccc(OCc2ccc(N)c([N+](=O)[O-])c2)c1. The number of rotatable bonds is 5. The molecule has 2 rings (SSSR count). The molecule has 0 fully saturated rings. The van der Waals surface area contributed by atoms with Crippen molar-refractivity contribution in [3.05, 3.63) is 58.1 Å². The number of benzene rings is 2. The molecule has 0 amide bonds. The van der Waals surface area contributed by atoms with Gasteiger partial charge < -0.3 is 15.4 Å². The standard InChI is InChI=1S/C15H17N3O3/c1-17(2)12-4-3-5-13(9-12)21-10-11-6-7-14(16)15(8-11)18(19)20/h3-9H,10,16H2,1-2H3. The molecule has 0 unspecified atom stereocenters. The molecule has 0 heterocycles. The molecule has 0 atom stereocenters. The van der Waals surface area contributed by atoms with Gasteiger partial charge in [0.1, 0.15) is 18.0 Å². The van der Waals surface area contributed by atoms with E-state index in [2.05, 4.69) is 0 Å². The molecule has 0 aliphatic carbocycles. The van der Waals surface area contributed by atoms with Crippen molar-refractivity contribution in [1.82, 2.24) is 0 Å². The quantitative estimate of drug-likeness (QED) is 0.519. The fourth-order valence-corrected chi connectivity index (χ4v) is 1.86. The van der Waals surface area contributed by atoms with Gasteiger partial charge in [-0.3, -0.25) is 10.1 Å². The maximum absolute atomic E-state index is 10.8. The molecule has 6 heteroatoms. The normalized spacial score (nSPS) is 10.2. The van der Waals surface area contributed by atoms with Crippen LogP contribution in [0.1, 0.15) is 5.56 Å². The smallest absolute Gasteiger partial charge is 0.292 e. The molecule has 0 saturated carbocycles. The molecule has 2 N–H and O–H groups in total. The third-order valence-electron chi connectivity index (χ3n) is 3.03. The second-order valence-electron chi connectivity index (χ2n) is 4.83. The first-order valence-electron chi connectivity index (χ1n) is 6.40. The van der Waals surface area contributed by atoms with Gasteiger partial charge in [-0.15, -0.1) is 0 Å². The van der Waals surface area contributed by atoms with Gasteiger partial charge in [-0.25, -0.2) is 0 Å².